The first kappa shape index (κ1) is 14.7. The van der Waals surface area contributed by atoms with Crippen LogP contribution in [0.3, 0.4) is 0 Å². The van der Waals surface area contributed by atoms with E-state index in [1.54, 1.807) is 14.1 Å². The Morgan fingerprint density at radius 2 is 1.36 bits per heavy atom. The van der Waals surface area contributed by atoms with Crippen LogP contribution in [0.5, 0.6) is 0 Å². The second-order valence-electron chi connectivity index (χ2n) is 8.01. The molecule has 0 amide bonds. The maximum absolute atomic E-state index is 12.2. The van der Waals surface area contributed by atoms with E-state index in [9.17, 15) is 8.42 Å². The summed E-state index contributed by atoms with van der Waals surface area (Å²) in [7, 11) is -0.145. The Hall–Kier alpha value is -0.870. The number of benzene rings is 1. The van der Waals surface area contributed by atoms with Crippen LogP contribution in [0.15, 0.2) is 29.2 Å². The molecule has 0 atom stereocenters. The van der Waals surface area contributed by atoms with Crippen molar-refractivity contribution in [1.29, 1.82) is 0 Å². The molecule has 0 heterocycles. The van der Waals surface area contributed by atoms with Gasteiger partial charge in [-0.1, -0.05) is 12.1 Å². The smallest absolute Gasteiger partial charge is 0.207 e. The number of nitrogens with zero attached hydrogens (tertiary/aromatic N) is 1. The van der Waals surface area contributed by atoms with Gasteiger partial charge in [-0.05, 0) is 79.4 Å². The van der Waals surface area contributed by atoms with Gasteiger partial charge in [0, 0.05) is 14.1 Å². The molecular formula is C18H25NO2S. The molecule has 4 fully saturated rings. The van der Waals surface area contributed by atoms with Crippen molar-refractivity contribution >= 4 is 10.0 Å². The summed E-state index contributed by atoms with van der Waals surface area (Å²) in [5, 5.41) is 0. The minimum atomic E-state index is -3.32. The van der Waals surface area contributed by atoms with Crippen LogP contribution < -0.4 is 0 Å². The van der Waals surface area contributed by atoms with E-state index in [1.807, 2.05) is 12.1 Å². The fourth-order valence-electron chi connectivity index (χ4n) is 5.66. The summed E-state index contributed by atoms with van der Waals surface area (Å²) in [5.74, 6) is 2.74. The summed E-state index contributed by atoms with van der Waals surface area (Å²) < 4.78 is 25.7. The van der Waals surface area contributed by atoms with Crippen molar-refractivity contribution in [2.24, 2.45) is 17.8 Å². The topological polar surface area (TPSA) is 37.4 Å². The summed E-state index contributed by atoms with van der Waals surface area (Å²) in [6.07, 6.45) is 8.27. The first-order valence-electron chi connectivity index (χ1n) is 8.42. The molecule has 4 heteroatoms. The molecule has 0 aromatic heterocycles. The van der Waals surface area contributed by atoms with Gasteiger partial charge in [-0.3, -0.25) is 0 Å². The van der Waals surface area contributed by atoms with Gasteiger partial charge in [0.05, 0.1) is 4.90 Å². The lowest BCUT2D eigenvalue weighted by atomic mass is 9.48. The van der Waals surface area contributed by atoms with Crippen LogP contribution in [0.2, 0.25) is 0 Å². The lowest BCUT2D eigenvalue weighted by Crippen LogP contribution is -2.48. The zero-order chi connectivity index (χ0) is 15.5. The van der Waals surface area contributed by atoms with Gasteiger partial charge < -0.3 is 0 Å². The minimum Gasteiger partial charge on any atom is -0.207 e. The quantitative estimate of drug-likeness (QED) is 0.856. The highest BCUT2D eigenvalue weighted by Gasteiger charge is 2.51. The summed E-state index contributed by atoms with van der Waals surface area (Å²) >= 11 is 0. The van der Waals surface area contributed by atoms with Gasteiger partial charge in [-0.15, -0.1) is 0 Å². The Kier molecular flexibility index (Phi) is 3.22. The van der Waals surface area contributed by atoms with E-state index in [0.717, 1.165) is 17.8 Å². The third-order valence-electron chi connectivity index (χ3n) is 6.28. The Morgan fingerprint density at radius 3 is 1.77 bits per heavy atom. The lowest BCUT2D eigenvalue weighted by molar-refractivity contribution is -0.00521. The van der Waals surface area contributed by atoms with Gasteiger partial charge in [0.2, 0.25) is 10.0 Å². The van der Waals surface area contributed by atoms with Crippen molar-refractivity contribution in [2.45, 2.75) is 48.8 Å². The standard InChI is InChI=1S/C18H25NO2S/c1-19(2)22(20,21)17-5-3-16(4-6-17)18-10-13-7-14(11-18)9-15(8-13)12-18/h3-6,13-15H,7-12H2,1-2H3. The Morgan fingerprint density at radius 1 is 0.909 bits per heavy atom. The number of hydrogen-bond acceptors (Lipinski definition) is 2. The fourth-order valence-corrected chi connectivity index (χ4v) is 6.56. The third-order valence-corrected chi connectivity index (χ3v) is 8.11. The van der Waals surface area contributed by atoms with Crippen LogP contribution in [0.25, 0.3) is 0 Å². The predicted molar refractivity (Wildman–Crippen MR) is 87.2 cm³/mol. The largest absolute Gasteiger partial charge is 0.242 e. The van der Waals surface area contributed by atoms with Crippen LogP contribution in [0.1, 0.15) is 44.1 Å². The molecule has 1 aromatic rings. The molecule has 0 N–H and O–H groups in total. The van der Waals surface area contributed by atoms with E-state index in [4.69, 9.17) is 0 Å². The average Bonchev–Trinajstić information content (AvgIpc) is 2.46. The maximum atomic E-state index is 12.2. The van der Waals surface area contributed by atoms with Crippen molar-refractivity contribution in [2.75, 3.05) is 14.1 Å². The van der Waals surface area contributed by atoms with Crippen LogP contribution in [0, 0.1) is 17.8 Å². The Balaban J connectivity index is 1.67. The van der Waals surface area contributed by atoms with Crippen LogP contribution in [-0.2, 0) is 15.4 Å². The van der Waals surface area contributed by atoms with E-state index in [1.165, 1.54) is 48.4 Å². The minimum absolute atomic E-state index is 0.342. The van der Waals surface area contributed by atoms with Crippen LogP contribution in [0.4, 0.5) is 0 Å². The summed E-state index contributed by atoms with van der Waals surface area (Å²) in [4.78, 5) is 0.408. The molecule has 4 bridgehead atoms. The zero-order valence-corrected chi connectivity index (χ0v) is 14.3. The van der Waals surface area contributed by atoms with Crippen molar-refractivity contribution in [3.05, 3.63) is 29.8 Å². The summed E-state index contributed by atoms with van der Waals surface area (Å²) in [6, 6.07) is 7.79. The molecule has 0 spiro atoms. The first-order valence-corrected chi connectivity index (χ1v) is 9.86. The zero-order valence-electron chi connectivity index (χ0n) is 13.5. The number of sulfonamides is 1. The normalized spacial score (nSPS) is 37.0. The molecule has 22 heavy (non-hydrogen) atoms. The molecule has 4 aliphatic rings. The second-order valence-corrected chi connectivity index (χ2v) is 10.2. The van der Waals surface area contributed by atoms with E-state index < -0.39 is 10.0 Å². The van der Waals surface area contributed by atoms with Gasteiger partial charge in [0.1, 0.15) is 0 Å². The molecule has 4 aliphatic carbocycles. The second kappa shape index (κ2) is 4.81. The summed E-state index contributed by atoms with van der Waals surface area (Å²) in [6.45, 7) is 0. The fraction of sp³-hybridized carbons (Fsp3) is 0.667. The Labute approximate surface area is 133 Å². The predicted octanol–water partition coefficient (Wildman–Crippen LogP) is 3.40. The molecule has 5 rings (SSSR count). The highest BCUT2D eigenvalue weighted by molar-refractivity contribution is 7.89. The molecule has 0 unspecified atom stereocenters. The molecule has 4 saturated carbocycles. The Bertz CT molecular complexity index is 640. The van der Waals surface area contributed by atoms with Gasteiger partial charge in [0.25, 0.3) is 0 Å². The highest BCUT2D eigenvalue weighted by Crippen LogP contribution is 2.60. The van der Waals surface area contributed by atoms with Crippen LogP contribution in [-0.4, -0.2) is 26.8 Å². The molecule has 0 radical (unpaired) electrons. The molecule has 1 aromatic carbocycles. The van der Waals surface area contributed by atoms with Gasteiger partial charge in [-0.25, -0.2) is 12.7 Å². The van der Waals surface area contributed by atoms with E-state index in [0.29, 0.717) is 10.3 Å². The average molecular weight is 319 g/mol. The first-order chi connectivity index (χ1) is 10.4. The maximum Gasteiger partial charge on any atom is 0.242 e. The van der Waals surface area contributed by atoms with E-state index in [-0.39, 0.29) is 0 Å². The van der Waals surface area contributed by atoms with Gasteiger partial charge >= 0.3 is 0 Å². The van der Waals surface area contributed by atoms with Crippen molar-refractivity contribution < 1.29 is 8.42 Å². The third kappa shape index (κ3) is 2.15. The molecule has 120 valence electrons. The van der Waals surface area contributed by atoms with Gasteiger partial charge in [-0.2, -0.15) is 0 Å². The number of hydrogen-bond donors (Lipinski definition) is 0. The SMILES string of the molecule is CN(C)S(=O)(=O)c1ccc(C23CC4CC(CC(C4)C2)C3)cc1. The monoisotopic (exact) mass is 319 g/mol. The molecule has 3 nitrogen and oxygen atoms in total. The van der Waals surface area contributed by atoms with Crippen molar-refractivity contribution in [3.63, 3.8) is 0 Å². The molecular weight excluding hydrogens is 294 g/mol. The van der Waals surface area contributed by atoms with Crippen LogP contribution >= 0.6 is 0 Å². The van der Waals surface area contributed by atoms with Gasteiger partial charge in [0.15, 0.2) is 0 Å². The summed E-state index contributed by atoms with van der Waals surface area (Å²) in [5.41, 5.74) is 1.72. The van der Waals surface area contributed by atoms with E-state index in [2.05, 4.69) is 12.1 Å². The lowest BCUT2D eigenvalue weighted by Gasteiger charge is -2.57. The molecule has 0 saturated heterocycles. The van der Waals surface area contributed by atoms with Crippen molar-refractivity contribution in [1.82, 2.24) is 4.31 Å². The van der Waals surface area contributed by atoms with E-state index >= 15 is 0 Å². The highest BCUT2D eigenvalue weighted by atomic mass is 32.2. The molecule has 0 aliphatic heterocycles. The number of rotatable bonds is 3. The van der Waals surface area contributed by atoms with Crippen molar-refractivity contribution in [3.8, 4) is 0 Å².